The zero-order chi connectivity index (χ0) is 17.3. The summed E-state index contributed by atoms with van der Waals surface area (Å²) < 4.78 is 37.2. The Morgan fingerprint density at radius 3 is 2.64 bits per heavy atom. The van der Waals surface area contributed by atoms with E-state index in [9.17, 15) is 8.42 Å². The summed E-state index contributed by atoms with van der Waals surface area (Å²) in [7, 11) is -3.39. The molecule has 25 heavy (non-hydrogen) atoms. The van der Waals surface area contributed by atoms with E-state index in [1.807, 2.05) is 18.2 Å². The number of nitrogens with zero attached hydrogens (tertiary/aromatic N) is 1. The molecule has 1 aromatic heterocycles. The fourth-order valence-electron chi connectivity index (χ4n) is 3.01. The lowest BCUT2D eigenvalue weighted by Crippen LogP contribution is -2.29. The van der Waals surface area contributed by atoms with Gasteiger partial charge in [0.05, 0.1) is 0 Å². The highest BCUT2D eigenvalue weighted by molar-refractivity contribution is 7.89. The minimum Gasteiger partial charge on any atom is -0.454 e. The molecule has 0 atom stereocenters. The van der Waals surface area contributed by atoms with E-state index in [0.29, 0.717) is 24.5 Å². The molecule has 2 aromatic rings. The predicted molar refractivity (Wildman–Crippen MR) is 90.9 cm³/mol. The number of benzene rings is 1. The van der Waals surface area contributed by atoms with Gasteiger partial charge in [-0.1, -0.05) is 6.07 Å². The van der Waals surface area contributed by atoms with Crippen LogP contribution in [0.2, 0.25) is 0 Å². The first kappa shape index (κ1) is 16.2. The van der Waals surface area contributed by atoms with E-state index in [1.165, 1.54) is 10.5 Å². The molecule has 0 saturated carbocycles. The van der Waals surface area contributed by atoms with Gasteiger partial charge in [-0.2, -0.15) is 4.31 Å². The fourth-order valence-corrected chi connectivity index (χ4v) is 4.49. The first-order valence-electron chi connectivity index (χ1n) is 8.27. The van der Waals surface area contributed by atoms with Crippen LogP contribution in [-0.2, 0) is 16.6 Å². The number of pyridine rings is 1. The van der Waals surface area contributed by atoms with Crippen LogP contribution in [-0.4, -0.2) is 32.6 Å². The van der Waals surface area contributed by atoms with Crippen molar-refractivity contribution in [3.8, 4) is 11.5 Å². The number of aromatic amines is 1. The number of hydrogen-bond donors (Lipinski definition) is 1. The lowest BCUT2D eigenvalue weighted by molar-refractivity contribution is -0.364. The smallest absolute Gasteiger partial charge is 0.272 e. The molecule has 0 bridgehead atoms. The number of rotatable bonds is 5. The van der Waals surface area contributed by atoms with Crippen LogP contribution in [0.4, 0.5) is 5.82 Å². The molecule has 2 aliphatic heterocycles. The van der Waals surface area contributed by atoms with Gasteiger partial charge in [-0.05, 0) is 36.6 Å². The Balaban J connectivity index is 1.42. The molecule has 0 spiro atoms. The normalized spacial score (nSPS) is 17.0. The van der Waals surface area contributed by atoms with Gasteiger partial charge in [-0.3, -0.25) is 5.32 Å². The van der Waals surface area contributed by atoms with Crippen LogP contribution in [0, 0.1) is 0 Å². The van der Waals surface area contributed by atoms with Crippen LogP contribution >= 0.6 is 0 Å². The number of ether oxygens (including phenoxy) is 2. The quantitative estimate of drug-likeness (QED) is 0.874. The minimum absolute atomic E-state index is 0.257. The highest BCUT2D eigenvalue weighted by Crippen LogP contribution is 2.32. The Labute approximate surface area is 146 Å². The van der Waals surface area contributed by atoms with Crippen molar-refractivity contribution < 1.29 is 22.9 Å². The van der Waals surface area contributed by atoms with Gasteiger partial charge in [0, 0.05) is 19.2 Å². The van der Waals surface area contributed by atoms with E-state index in [-0.39, 0.29) is 6.79 Å². The molecule has 2 N–H and O–H groups in total. The van der Waals surface area contributed by atoms with Crippen molar-refractivity contribution in [3.63, 3.8) is 0 Å². The highest BCUT2D eigenvalue weighted by atomic mass is 32.2. The van der Waals surface area contributed by atoms with E-state index in [0.717, 1.165) is 35.7 Å². The number of anilines is 1. The summed E-state index contributed by atoms with van der Waals surface area (Å²) in [5.74, 6) is 2.25. The molecule has 0 amide bonds. The van der Waals surface area contributed by atoms with Gasteiger partial charge in [-0.25, -0.2) is 13.4 Å². The van der Waals surface area contributed by atoms with Crippen molar-refractivity contribution in [3.05, 3.63) is 42.1 Å². The molecule has 1 saturated heterocycles. The zero-order valence-electron chi connectivity index (χ0n) is 13.7. The Morgan fingerprint density at radius 1 is 1.08 bits per heavy atom. The third-order valence-electron chi connectivity index (χ3n) is 4.41. The average Bonchev–Trinajstić information content (AvgIpc) is 3.31. The number of sulfonamides is 1. The van der Waals surface area contributed by atoms with Gasteiger partial charge in [0.2, 0.25) is 16.8 Å². The van der Waals surface area contributed by atoms with Crippen molar-refractivity contribution in [2.24, 2.45) is 0 Å². The molecule has 1 aromatic carbocycles. The van der Waals surface area contributed by atoms with Crippen molar-refractivity contribution in [1.29, 1.82) is 0 Å². The maximum atomic E-state index is 12.5. The van der Waals surface area contributed by atoms with E-state index in [4.69, 9.17) is 9.47 Å². The highest BCUT2D eigenvalue weighted by Gasteiger charge is 2.28. The van der Waals surface area contributed by atoms with Crippen LogP contribution in [0.5, 0.6) is 11.5 Å². The standard InChI is InChI=1S/C17H19N3O4S/c21-25(22,20-7-1-2-8-20)14-4-6-17(19-11-14)18-10-13-3-5-15-16(9-13)24-12-23-15/h3-6,9,11H,1-2,7-8,10,12H2,(H,18,19)/p+1. The van der Waals surface area contributed by atoms with E-state index < -0.39 is 10.0 Å². The van der Waals surface area contributed by atoms with E-state index in [2.05, 4.69) is 10.3 Å². The van der Waals surface area contributed by atoms with Crippen molar-refractivity contribution >= 4 is 15.8 Å². The van der Waals surface area contributed by atoms with Gasteiger partial charge in [0.15, 0.2) is 11.5 Å². The Hall–Kier alpha value is -2.32. The third-order valence-corrected chi connectivity index (χ3v) is 6.30. The summed E-state index contributed by atoms with van der Waals surface area (Å²) >= 11 is 0. The van der Waals surface area contributed by atoms with Gasteiger partial charge in [0.25, 0.3) is 5.82 Å². The summed E-state index contributed by atoms with van der Waals surface area (Å²) in [4.78, 5) is 3.31. The Bertz CT molecular complexity index is 862. The number of nitrogens with one attached hydrogen (secondary N) is 2. The van der Waals surface area contributed by atoms with Gasteiger partial charge in [-0.15, -0.1) is 0 Å². The molecule has 0 aliphatic carbocycles. The second kappa shape index (κ2) is 6.53. The molecule has 7 nitrogen and oxygen atoms in total. The van der Waals surface area contributed by atoms with Crippen LogP contribution in [0.25, 0.3) is 0 Å². The lowest BCUT2D eigenvalue weighted by atomic mass is 10.2. The van der Waals surface area contributed by atoms with Crippen molar-refractivity contribution in [2.45, 2.75) is 24.3 Å². The molecule has 0 unspecified atom stereocenters. The predicted octanol–water partition coefficient (Wildman–Crippen LogP) is 1.63. The monoisotopic (exact) mass is 362 g/mol. The molecule has 1 fully saturated rings. The van der Waals surface area contributed by atoms with Gasteiger partial charge < -0.3 is 9.47 Å². The van der Waals surface area contributed by atoms with Gasteiger partial charge >= 0.3 is 0 Å². The topological polar surface area (TPSA) is 82.0 Å². The molecule has 3 heterocycles. The van der Waals surface area contributed by atoms with E-state index in [1.54, 1.807) is 12.1 Å². The summed E-state index contributed by atoms with van der Waals surface area (Å²) in [6.45, 7) is 2.05. The fraction of sp³-hybridized carbons (Fsp3) is 0.353. The number of aromatic nitrogens is 1. The lowest BCUT2D eigenvalue weighted by Gasteiger charge is -2.14. The average molecular weight is 362 g/mol. The Kier molecular flexibility index (Phi) is 4.22. The maximum Gasteiger partial charge on any atom is 0.272 e. The van der Waals surface area contributed by atoms with Crippen LogP contribution in [0.15, 0.2) is 41.4 Å². The molecule has 4 rings (SSSR count). The third kappa shape index (κ3) is 3.27. The minimum atomic E-state index is -3.39. The second-order valence-electron chi connectivity index (χ2n) is 6.09. The molecular formula is C17H20N3O4S+. The van der Waals surface area contributed by atoms with Gasteiger partial charge in [0.1, 0.15) is 17.6 Å². The molecule has 0 radical (unpaired) electrons. The second-order valence-corrected chi connectivity index (χ2v) is 8.03. The van der Waals surface area contributed by atoms with Crippen molar-refractivity contribution in [1.82, 2.24) is 4.31 Å². The summed E-state index contributed by atoms with van der Waals surface area (Å²) in [5.41, 5.74) is 1.05. The molecule has 132 valence electrons. The maximum absolute atomic E-state index is 12.5. The Morgan fingerprint density at radius 2 is 1.88 bits per heavy atom. The molecule has 2 aliphatic rings. The SMILES string of the molecule is O=S(=O)(c1ccc(NCc2ccc3c(c2)OCO3)[nH+]c1)N1CCCC1. The largest absolute Gasteiger partial charge is 0.454 e. The number of hydrogen-bond acceptors (Lipinski definition) is 5. The first-order valence-corrected chi connectivity index (χ1v) is 9.71. The summed E-state index contributed by atoms with van der Waals surface area (Å²) in [6.07, 6.45) is 3.39. The van der Waals surface area contributed by atoms with Crippen molar-refractivity contribution in [2.75, 3.05) is 25.2 Å². The van der Waals surface area contributed by atoms with E-state index >= 15 is 0 Å². The summed E-state index contributed by atoms with van der Waals surface area (Å²) in [6, 6.07) is 9.16. The molecular weight excluding hydrogens is 342 g/mol. The summed E-state index contributed by atoms with van der Waals surface area (Å²) in [5, 5.41) is 3.24. The van der Waals surface area contributed by atoms with Crippen LogP contribution < -0.4 is 19.8 Å². The zero-order valence-corrected chi connectivity index (χ0v) is 14.5. The van der Waals surface area contributed by atoms with Crippen LogP contribution in [0.1, 0.15) is 18.4 Å². The first-order chi connectivity index (χ1) is 12.1. The number of H-pyrrole nitrogens is 1. The number of fused-ring (bicyclic) bond motifs is 1. The van der Waals surface area contributed by atoms with Crippen LogP contribution in [0.3, 0.4) is 0 Å². The molecule has 8 heteroatoms.